The predicted octanol–water partition coefficient (Wildman–Crippen LogP) is 4.38. The van der Waals surface area contributed by atoms with Gasteiger partial charge in [-0.15, -0.1) is 0 Å². The molecule has 15 heavy (non-hydrogen) atoms. The van der Waals surface area contributed by atoms with Crippen LogP contribution in [0.1, 0.15) is 64.2 Å². The zero-order valence-electron chi connectivity index (χ0n) is 9.55. The van der Waals surface area contributed by atoms with Crippen molar-refractivity contribution in [3.63, 3.8) is 0 Å². The molecule has 1 unspecified atom stereocenters. The number of allylic oxidation sites excluding steroid dienone is 1. The summed E-state index contributed by atoms with van der Waals surface area (Å²) in [5, 5.41) is 10.4. The average molecular weight is 231 g/mol. The van der Waals surface area contributed by atoms with Crippen molar-refractivity contribution < 1.29 is 5.11 Å². The van der Waals surface area contributed by atoms with E-state index in [-0.39, 0.29) is 0 Å². The molecular formula is C13H23ClO. The first-order valence-electron chi connectivity index (χ1n) is 6.34. The van der Waals surface area contributed by atoms with E-state index in [9.17, 15) is 5.11 Å². The van der Waals surface area contributed by atoms with E-state index in [0.29, 0.717) is 5.03 Å². The van der Waals surface area contributed by atoms with Crippen LogP contribution in [-0.4, -0.2) is 11.2 Å². The predicted molar refractivity (Wildman–Crippen MR) is 66.1 cm³/mol. The lowest BCUT2D eigenvalue weighted by Gasteiger charge is -2.08. The van der Waals surface area contributed by atoms with Crippen LogP contribution in [0.25, 0.3) is 0 Å². The van der Waals surface area contributed by atoms with E-state index in [1.165, 1.54) is 44.9 Å². The van der Waals surface area contributed by atoms with E-state index >= 15 is 0 Å². The molecule has 0 spiro atoms. The van der Waals surface area contributed by atoms with Crippen molar-refractivity contribution in [2.75, 3.05) is 0 Å². The Morgan fingerprint density at radius 1 is 0.933 bits per heavy atom. The molecule has 0 aliphatic heterocycles. The number of aliphatic hydroxyl groups is 1. The highest BCUT2D eigenvalue weighted by Crippen LogP contribution is 2.19. The van der Waals surface area contributed by atoms with Gasteiger partial charge in [-0.05, 0) is 19.3 Å². The average Bonchev–Trinajstić information content (AvgIpc) is 2.25. The van der Waals surface area contributed by atoms with Crippen molar-refractivity contribution in [3.05, 3.63) is 11.1 Å². The third-order valence-corrected chi connectivity index (χ3v) is 3.50. The molecule has 2 heteroatoms. The van der Waals surface area contributed by atoms with Crippen molar-refractivity contribution in [3.8, 4) is 0 Å². The summed E-state index contributed by atoms with van der Waals surface area (Å²) in [4.78, 5) is 0. The van der Waals surface area contributed by atoms with E-state index in [4.69, 9.17) is 11.6 Å². The minimum absolute atomic E-state index is 0.410. The summed E-state index contributed by atoms with van der Waals surface area (Å²) in [5.41, 5.74) is 0. The van der Waals surface area contributed by atoms with Gasteiger partial charge in [0.2, 0.25) is 0 Å². The molecule has 0 aromatic carbocycles. The maximum atomic E-state index is 9.73. The maximum Gasteiger partial charge on any atom is 0.0892 e. The lowest BCUT2D eigenvalue weighted by molar-refractivity contribution is 0.203. The quantitative estimate of drug-likeness (QED) is 0.655. The molecule has 0 saturated carbocycles. The lowest BCUT2D eigenvalue weighted by Crippen LogP contribution is -2.06. The Morgan fingerprint density at radius 2 is 1.47 bits per heavy atom. The van der Waals surface area contributed by atoms with Crippen molar-refractivity contribution in [2.24, 2.45) is 0 Å². The summed E-state index contributed by atoms with van der Waals surface area (Å²) in [7, 11) is 0. The van der Waals surface area contributed by atoms with Gasteiger partial charge in [0.1, 0.15) is 0 Å². The normalized spacial score (nSPS) is 30.5. The number of aliphatic hydroxyl groups excluding tert-OH is 1. The Bertz CT molecular complexity index is 189. The van der Waals surface area contributed by atoms with Gasteiger partial charge in [0.05, 0.1) is 6.10 Å². The molecule has 1 aliphatic carbocycles. The molecule has 0 bridgehead atoms. The monoisotopic (exact) mass is 230 g/mol. The first-order valence-corrected chi connectivity index (χ1v) is 6.72. The van der Waals surface area contributed by atoms with Gasteiger partial charge in [0.25, 0.3) is 0 Å². The van der Waals surface area contributed by atoms with Crippen LogP contribution in [0.5, 0.6) is 0 Å². The topological polar surface area (TPSA) is 20.2 Å². The Hall–Kier alpha value is -0.0100. The highest BCUT2D eigenvalue weighted by atomic mass is 35.5. The summed E-state index contributed by atoms with van der Waals surface area (Å²) in [6.07, 6.45) is 13.7. The van der Waals surface area contributed by atoms with Gasteiger partial charge in [-0.2, -0.15) is 0 Å². The minimum Gasteiger partial charge on any atom is -0.388 e. The highest BCUT2D eigenvalue weighted by Gasteiger charge is 2.07. The second-order valence-corrected chi connectivity index (χ2v) is 4.95. The summed E-state index contributed by atoms with van der Waals surface area (Å²) in [6, 6.07) is 0. The van der Waals surface area contributed by atoms with Crippen molar-refractivity contribution in [1.82, 2.24) is 0 Å². The molecule has 0 aromatic rings. The fraction of sp³-hybridized carbons (Fsp3) is 0.846. The van der Waals surface area contributed by atoms with E-state index in [0.717, 1.165) is 19.3 Å². The van der Waals surface area contributed by atoms with Gasteiger partial charge in [-0.3, -0.25) is 0 Å². The highest BCUT2D eigenvalue weighted by molar-refractivity contribution is 6.30. The van der Waals surface area contributed by atoms with Crippen molar-refractivity contribution in [1.29, 1.82) is 0 Å². The molecule has 1 aliphatic rings. The van der Waals surface area contributed by atoms with E-state index in [2.05, 4.69) is 0 Å². The molecule has 1 nitrogen and oxygen atoms in total. The Morgan fingerprint density at radius 3 is 2.13 bits per heavy atom. The third kappa shape index (κ3) is 6.21. The van der Waals surface area contributed by atoms with Crippen LogP contribution < -0.4 is 0 Å². The smallest absolute Gasteiger partial charge is 0.0892 e. The van der Waals surface area contributed by atoms with Gasteiger partial charge in [-0.1, -0.05) is 62.6 Å². The van der Waals surface area contributed by atoms with Gasteiger partial charge >= 0.3 is 0 Å². The first kappa shape index (κ1) is 13.1. The summed E-state index contributed by atoms with van der Waals surface area (Å²) < 4.78 is 0. The van der Waals surface area contributed by atoms with E-state index in [1.54, 1.807) is 0 Å². The van der Waals surface area contributed by atoms with Crippen LogP contribution in [-0.2, 0) is 0 Å². The standard InChI is InChI=1S/C13H23ClO/c14-12-10-8-6-4-2-1-3-5-7-9-11-13(12)15/h10,13,15H,1-9,11H2/b12-10-. The van der Waals surface area contributed by atoms with Crippen LogP contribution in [0.3, 0.4) is 0 Å². The molecule has 1 N–H and O–H groups in total. The summed E-state index contributed by atoms with van der Waals surface area (Å²) in [5.74, 6) is 0. The van der Waals surface area contributed by atoms with Gasteiger partial charge in [-0.25, -0.2) is 0 Å². The number of hydrogen-bond donors (Lipinski definition) is 1. The zero-order chi connectivity index (χ0) is 10.9. The maximum absolute atomic E-state index is 9.73. The molecule has 0 amide bonds. The fourth-order valence-corrected chi connectivity index (χ4v) is 2.27. The Labute approximate surface area is 98.5 Å². The van der Waals surface area contributed by atoms with Crippen LogP contribution in [0.15, 0.2) is 11.1 Å². The zero-order valence-corrected chi connectivity index (χ0v) is 10.3. The number of halogens is 1. The summed E-state index contributed by atoms with van der Waals surface area (Å²) in [6.45, 7) is 0. The molecule has 0 heterocycles. The molecule has 0 aromatic heterocycles. The van der Waals surface area contributed by atoms with Crippen LogP contribution in [0.2, 0.25) is 0 Å². The van der Waals surface area contributed by atoms with Crippen molar-refractivity contribution in [2.45, 2.75) is 70.3 Å². The Kier molecular flexibility index (Phi) is 7.12. The second kappa shape index (κ2) is 8.18. The lowest BCUT2D eigenvalue weighted by atomic mass is 10.1. The molecule has 1 atom stereocenters. The summed E-state index contributed by atoms with van der Waals surface area (Å²) >= 11 is 6.02. The fourth-order valence-electron chi connectivity index (χ4n) is 2.06. The molecule has 88 valence electrons. The van der Waals surface area contributed by atoms with E-state index in [1.807, 2.05) is 6.08 Å². The van der Waals surface area contributed by atoms with Crippen LogP contribution in [0, 0.1) is 0 Å². The van der Waals surface area contributed by atoms with Gasteiger partial charge < -0.3 is 5.11 Å². The Balaban J connectivity index is 2.34. The van der Waals surface area contributed by atoms with Gasteiger partial charge in [0, 0.05) is 5.03 Å². The first-order chi connectivity index (χ1) is 7.30. The van der Waals surface area contributed by atoms with Crippen LogP contribution in [0.4, 0.5) is 0 Å². The molecule has 0 fully saturated rings. The third-order valence-electron chi connectivity index (χ3n) is 3.09. The van der Waals surface area contributed by atoms with Gasteiger partial charge in [0.15, 0.2) is 0 Å². The largest absolute Gasteiger partial charge is 0.388 e. The van der Waals surface area contributed by atoms with Crippen LogP contribution >= 0.6 is 11.6 Å². The molecule has 0 saturated heterocycles. The second-order valence-electron chi connectivity index (χ2n) is 4.51. The number of hydrogen-bond acceptors (Lipinski definition) is 1. The number of rotatable bonds is 0. The SMILES string of the molecule is OC1CCCCCCCCCC/C=C/1Cl. The van der Waals surface area contributed by atoms with E-state index < -0.39 is 6.10 Å². The molecule has 1 rings (SSSR count). The van der Waals surface area contributed by atoms with Crippen molar-refractivity contribution >= 4 is 11.6 Å². The molecular weight excluding hydrogens is 208 g/mol. The molecule has 0 radical (unpaired) electrons. The minimum atomic E-state index is -0.410.